The molecule has 0 atom stereocenters. The molecule has 19 heavy (non-hydrogen) atoms. The maximum absolute atomic E-state index is 10.0. The average molecular weight is 282 g/mol. The SMILES string of the molecule is CCCCCCCCCCOCCOCC(=O)[O-].[Na+]. The molecule has 0 unspecified atom stereocenters. The fraction of sp³-hybridized carbons (Fsp3) is 0.929. The number of carboxylic acid groups (broad SMARTS) is 1. The molecule has 0 aromatic carbocycles. The van der Waals surface area contributed by atoms with Gasteiger partial charge in [0.2, 0.25) is 0 Å². The van der Waals surface area contributed by atoms with Gasteiger partial charge in [-0.1, -0.05) is 51.9 Å². The minimum Gasteiger partial charge on any atom is -0.548 e. The second kappa shape index (κ2) is 18.4. The van der Waals surface area contributed by atoms with Gasteiger partial charge in [0.25, 0.3) is 0 Å². The molecule has 0 amide bonds. The maximum atomic E-state index is 10.0. The van der Waals surface area contributed by atoms with Crippen molar-refractivity contribution in [2.24, 2.45) is 0 Å². The number of carboxylic acids is 1. The molecular formula is C14H27NaO4. The van der Waals surface area contributed by atoms with Crippen LogP contribution >= 0.6 is 0 Å². The first-order valence-corrected chi connectivity index (χ1v) is 7.12. The number of hydrogen-bond donors (Lipinski definition) is 0. The molecule has 0 bridgehead atoms. The van der Waals surface area contributed by atoms with Gasteiger partial charge in [0.1, 0.15) is 0 Å². The second-order valence-corrected chi connectivity index (χ2v) is 4.51. The Balaban J connectivity index is 0. The van der Waals surface area contributed by atoms with Crippen LogP contribution in [-0.2, 0) is 14.3 Å². The van der Waals surface area contributed by atoms with Crippen LogP contribution in [0.25, 0.3) is 0 Å². The van der Waals surface area contributed by atoms with Gasteiger partial charge in [-0.2, -0.15) is 0 Å². The Labute approximate surface area is 139 Å². The zero-order chi connectivity index (χ0) is 13.5. The van der Waals surface area contributed by atoms with E-state index >= 15 is 0 Å². The summed E-state index contributed by atoms with van der Waals surface area (Å²) >= 11 is 0. The number of ether oxygens (including phenoxy) is 2. The molecule has 0 saturated heterocycles. The van der Waals surface area contributed by atoms with Crippen molar-refractivity contribution in [1.82, 2.24) is 0 Å². The van der Waals surface area contributed by atoms with Crippen LogP contribution < -0.4 is 34.7 Å². The average Bonchev–Trinajstić information content (AvgIpc) is 2.34. The van der Waals surface area contributed by atoms with Crippen LogP contribution in [0.1, 0.15) is 58.3 Å². The molecule has 4 nitrogen and oxygen atoms in total. The van der Waals surface area contributed by atoms with E-state index in [0.29, 0.717) is 13.2 Å². The maximum Gasteiger partial charge on any atom is 1.00 e. The van der Waals surface area contributed by atoms with E-state index in [9.17, 15) is 9.90 Å². The number of aliphatic carboxylic acids is 1. The number of unbranched alkanes of at least 4 members (excludes halogenated alkanes) is 7. The molecule has 0 saturated carbocycles. The molecule has 0 aromatic rings. The van der Waals surface area contributed by atoms with E-state index in [1.165, 1.54) is 44.9 Å². The Hall–Kier alpha value is 0.390. The van der Waals surface area contributed by atoms with Gasteiger partial charge in [-0.25, -0.2) is 0 Å². The summed E-state index contributed by atoms with van der Waals surface area (Å²) in [4.78, 5) is 10.0. The summed E-state index contributed by atoms with van der Waals surface area (Å²) < 4.78 is 10.1. The van der Waals surface area contributed by atoms with Gasteiger partial charge in [-0.05, 0) is 6.42 Å². The van der Waals surface area contributed by atoms with Crippen LogP contribution in [0.2, 0.25) is 0 Å². The van der Waals surface area contributed by atoms with Gasteiger partial charge in [0, 0.05) is 6.61 Å². The smallest absolute Gasteiger partial charge is 0.548 e. The third-order valence-electron chi connectivity index (χ3n) is 2.73. The van der Waals surface area contributed by atoms with Gasteiger partial charge < -0.3 is 19.4 Å². The van der Waals surface area contributed by atoms with Crippen molar-refractivity contribution in [3.63, 3.8) is 0 Å². The Morgan fingerprint density at radius 1 is 0.842 bits per heavy atom. The van der Waals surface area contributed by atoms with Crippen molar-refractivity contribution in [3.05, 3.63) is 0 Å². The Morgan fingerprint density at radius 2 is 1.37 bits per heavy atom. The molecule has 0 aliphatic rings. The summed E-state index contributed by atoms with van der Waals surface area (Å²) in [5, 5.41) is 10.0. The molecule has 0 spiro atoms. The van der Waals surface area contributed by atoms with Crippen LogP contribution in [-0.4, -0.2) is 32.4 Å². The molecule has 0 radical (unpaired) electrons. The monoisotopic (exact) mass is 282 g/mol. The van der Waals surface area contributed by atoms with Gasteiger partial charge in [-0.15, -0.1) is 0 Å². The molecule has 0 aliphatic heterocycles. The minimum atomic E-state index is -1.18. The molecule has 0 N–H and O–H groups in total. The first-order chi connectivity index (χ1) is 8.77. The quantitative estimate of drug-likeness (QED) is 0.300. The molecular weight excluding hydrogens is 255 g/mol. The standard InChI is InChI=1S/C14H28O4.Na/c1-2-3-4-5-6-7-8-9-10-17-11-12-18-13-14(15)16;/h2-13H2,1H3,(H,15,16);/q;+1/p-1. The predicted octanol–water partition coefficient (Wildman–Crippen LogP) is -1.09. The zero-order valence-corrected chi connectivity index (χ0v) is 14.6. The van der Waals surface area contributed by atoms with E-state index in [1.807, 2.05) is 0 Å². The summed E-state index contributed by atoms with van der Waals surface area (Å²) in [6.45, 7) is 3.41. The third-order valence-corrected chi connectivity index (χ3v) is 2.73. The first kappa shape index (κ1) is 21.7. The topological polar surface area (TPSA) is 58.6 Å². The number of carbonyl (C=O) groups excluding carboxylic acids is 1. The summed E-state index contributed by atoms with van der Waals surface area (Å²) in [6.07, 6.45) is 10.3. The summed E-state index contributed by atoms with van der Waals surface area (Å²) in [6, 6.07) is 0. The van der Waals surface area contributed by atoms with Crippen LogP contribution in [0.4, 0.5) is 0 Å². The number of rotatable bonds is 14. The number of carbonyl (C=O) groups is 1. The van der Waals surface area contributed by atoms with E-state index in [2.05, 4.69) is 6.92 Å². The summed E-state index contributed by atoms with van der Waals surface area (Å²) in [5.74, 6) is -1.18. The largest absolute Gasteiger partial charge is 1.00 e. The van der Waals surface area contributed by atoms with Crippen LogP contribution in [0.3, 0.4) is 0 Å². The van der Waals surface area contributed by atoms with E-state index in [-0.39, 0.29) is 36.2 Å². The molecule has 0 aromatic heterocycles. The fourth-order valence-electron chi connectivity index (χ4n) is 1.71. The molecule has 0 heterocycles. The second-order valence-electron chi connectivity index (χ2n) is 4.51. The fourth-order valence-corrected chi connectivity index (χ4v) is 1.71. The van der Waals surface area contributed by atoms with Crippen molar-refractivity contribution >= 4 is 5.97 Å². The van der Waals surface area contributed by atoms with E-state index < -0.39 is 5.97 Å². The Bertz CT molecular complexity index is 188. The van der Waals surface area contributed by atoms with Crippen molar-refractivity contribution < 1.29 is 48.9 Å². The third kappa shape index (κ3) is 20.9. The van der Waals surface area contributed by atoms with Gasteiger partial charge in [-0.3, -0.25) is 0 Å². The van der Waals surface area contributed by atoms with E-state index in [4.69, 9.17) is 9.47 Å². The Kier molecular flexibility index (Phi) is 21.0. The first-order valence-electron chi connectivity index (χ1n) is 7.12. The molecule has 0 rings (SSSR count). The van der Waals surface area contributed by atoms with E-state index in [0.717, 1.165) is 13.0 Å². The van der Waals surface area contributed by atoms with Crippen LogP contribution in [0, 0.1) is 0 Å². The van der Waals surface area contributed by atoms with Gasteiger partial charge in [0.05, 0.1) is 25.8 Å². The van der Waals surface area contributed by atoms with Gasteiger partial charge >= 0.3 is 29.6 Å². The van der Waals surface area contributed by atoms with E-state index in [1.54, 1.807) is 0 Å². The Morgan fingerprint density at radius 3 is 1.95 bits per heavy atom. The van der Waals surface area contributed by atoms with Crippen molar-refractivity contribution in [2.75, 3.05) is 26.4 Å². The zero-order valence-electron chi connectivity index (χ0n) is 12.6. The normalized spacial score (nSPS) is 10.2. The van der Waals surface area contributed by atoms with Crippen molar-refractivity contribution in [3.8, 4) is 0 Å². The molecule has 0 aliphatic carbocycles. The van der Waals surface area contributed by atoms with Crippen LogP contribution in [0.15, 0.2) is 0 Å². The minimum absolute atomic E-state index is 0. The molecule has 5 heteroatoms. The summed E-state index contributed by atoms with van der Waals surface area (Å²) in [5.41, 5.74) is 0. The molecule has 108 valence electrons. The van der Waals surface area contributed by atoms with Crippen molar-refractivity contribution in [1.29, 1.82) is 0 Å². The number of hydrogen-bond acceptors (Lipinski definition) is 4. The van der Waals surface area contributed by atoms with Crippen LogP contribution in [0.5, 0.6) is 0 Å². The van der Waals surface area contributed by atoms with Gasteiger partial charge in [0.15, 0.2) is 0 Å². The predicted molar refractivity (Wildman–Crippen MR) is 69.3 cm³/mol. The molecule has 0 fully saturated rings. The summed E-state index contributed by atoms with van der Waals surface area (Å²) in [7, 11) is 0. The van der Waals surface area contributed by atoms with Crippen molar-refractivity contribution in [2.45, 2.75) is 58.3 Å².